The molecule has 0 bridgehead atoms. The van der Waals surface area contributed by atoms with Crippen molar-refractivity contribution < 1.29 is 4.79 Å². The Morgan fingerprint density at radius 3 is 2.74 bits per heavy atom. The third-order valence-corrected chi connectivity index (χ3v) is 2.81. The number of anilines is 2. The Morgan fingerprint density at radius 2 is 2.05 bits per heavy atom. The van der Waals surface area contributed by atoms with Crippen LogP contribution in [0.15, 0.2) is 0 Å². The SMILES string of the molecule is CNc1nc(Cl)nc(NCCCC(=O)NC2CC2)n1. The summed E-state index contributed by atoms with van der Waals surface area (Å²) in [6, 6.07) is 0.418. The Labute approximate surface area is 116 Å². The molecule has 0 saturated heterocycles. The Bertz CT molecular complexity index is 451. The molecule has 1 heterocycles. The highest BCUT2D eigenvalue weighted by Crippen LogP contribution is 2.18. The number of hydrogen-bond donors (Lipinski definition) is 3. The van der Waals surface area contributed by atoms with E-state index >= 15 is 0 Å². The van der Waals surface area contributed by atoms with Crippen molar-refractivity contribution in [2.45, 2.75) is 31.7 Å². The highest BCUT2D eigenvalue weighted by molar-refractivity contribution is 6.28. The fraction of sp³-hybridized carbons (Fsp3) is 0.636. The van der Waals surface area contributed by atoms with Gasteiger partial charge in [0.15, 0.2) is 0 Å². The summed E-state index contributed by atoms with van der Waals surface area (Å²) in [4.78, 5) is 23.4. The maximum absolute atomic E-state index is 11.4. The molecule has 1 aliphatic carbocycles. The van der Waals surface area contributed by atoms with E-state index in [0.29, 0.717) is 30.9 Å². The van der Waals surface area contributed by atoms with Gasteiger partial charge in [-0.25, -0.2) is 0 Å². The summed E-state index contributed by atoms with van der Waals surface area (Å²) in [6.07, 6.45) is 3.44. The van der Waals surface area contributed by atoms with Gasteiger partial charge in [0, 0.05) is 26.1 Å². The molecule has 2 rings (SSSR count). The molecule has 0 radical (unpaired) electrons. The fourth-order valence-electron chi connectivity index (χ4n) is 1.52. The summed E-state index contributed by atoms with van der Waals surface area (Å²) < 4.78 is 0. The monoisotopic (exact) mass is 284 g/mol. The summed E-state index contributed by atoms with van der Waals surface area (Å²) in [5.74, 6) is 0.926. The lowest BCUT2D eigenvalue weighted by Crippen LogP contribution is -2.25. The quantitative estimate of drug-likeness (QED) is 0.648. The molecule has 0 aromatic carbocycles. The van der Waals surface area contributed by atoms with Crippen LogP contribution >= 0.6 is 11.6 Å². The molecule has 0 atom stereocenters. The zero-order valence-electron chi connectivity index (χ0n) is 10.7. The second kappa shape index (κ2) is 6.51. The molecular formula is C11H17ClN6O. The normalized spacial score (nSPS) is 14.0. The van der Waals surface area contributed by atoms with Gasteiger partial charge in [-0.2, -0.15) is 15.0 Å². The number of nitrogens with one attached hydrogen (secondary N) is 3. The van der Waals surface area contributed by atoms with Gasteiger partial charge >= 0.3 is 0 Å². The lowest BCUT2D eigenvalue weighted by molar-refractivity contribution is -0.121. The lowest BCUT2D eigenvalue weighted by atomic mass is 10.3. The van der Waals surface area contributed by atoms with Crippen LogP contribution in [0.4, 0.5) is 11.9 Å². The van der Waals surface area contributed by atoms with Crippen LogP contribution in [0.3, 0.4) is 0 Å². The van der Waals surface area contributed by atoms with E-state index in [2.05, 4.69) is 30.9 Å². The zero-order valence-corrected chi connectivity index (χ0v) is 11.5. The van der Waals surface area contributed by atoms with E-state index in [1.165, 1.54) is 0 Å². The van der Waals surface area contributed by atoms with Crippen molar-refractivity contribution in [2.75, 3.05) is 24.2 Å². The van der Waals surface area contributed by atoms with Crippen molar-refractivity contribution in [3.05, 3.63) is 5.28 Å². The topological polar surface area (TPSA) is 91.8 Å². The van der Waals surface area contributed by atoms with E-state index in [-0.39, 0.29) is 11.2 Å². The molecule has 1 aromatic rings. The Balaban J connectivity index is 1.69. The van der Waals surface area contributed by atoms with Crippen LogP contribution in [-0.4, -0.2) is 40.5 Å². The molecule has 1 aliphatic rings. The summed E-state index contributed by atoms with van der Waals surface area (Å²) in [7, 11) is 1.71. The summed E-state index contributed by atoms with van der Waals surface area (Å²) >= 11 is 5.75. The summed E-state index contributed by atoms with van der Waals surface area (Å²) in [5, 5.41) is 8.89. The number of halogens is 1. The minimum atomic E-state index is 0.105. The van der Waals surface area contributed by atoms with Gasteiger partial charge in [0.25, 0.3) is 0 Å². The first kappa shape index (κ1) is 13.8. The van der Waals surface area contributed by atoms with Crippen LogP contribution in [0.2, 0.25) is 5.28 Å². The van der Waals surface area contributed by atoms with Gasteiger partial charge in [-0.15, -0.1) is 0 Å². The molecular weight excluding hydrogens is 268 g/mol. The molecule has 19 heavy (non-hydrogen) atoms. The standard InChI is InChI=1S/C11H17ClN6O/c1-13-10-16-9(12)17-11(18-10)14-6-2-3-8(19)15-7-4-5-7/h7H,2-6H2,1H3,(H,15,19)(H2,13,14,16,17,18). The predicted octanol–water partition coefficient (Wildman–Crippen LogP) is 1.04. The van der Waals surface area contributed by atoms with E-state index in [9.17, 15) is 4.79 Å². The zero-order chi connectivity index (χ0) is 13.7. The van der Waals surface area contributed by atoms with E-state index in [0.717, 1.165) is 19.3 Å². The lowest BCUT2D eigenvalue weighted by Gasteiger charge is -2.06. The smallest absolute Gasteiger partial charge is 0.228 e. The first-order valence-corrected chi connectivity index (χ1v) is 6.67. The number of aromatic nitrogens is 3. The molecule has 7 nitrogen and oxygen atoms in total. The Hall–Kier alpha value is -1.63. The number of nitrogens with zero attached hydrogens (tertiary/aromatic N) is 3. The highest BCUT2D eigenvalue weighted by atomic mass is 35.5. The van der Waals surface area contributed by atoms with Gasteiger partial charge in [0.1, 0.15) is 0 Å². The molecule has 1 amide bonds. The van der Waals surface area contributed by atoms with Crippen molar-refractivity contribution in [3.63, 3.8) is 0 Å². The van der Waals surface area contributed by atoms with Gasteiger partial charge in [0.2, 0.25) is 23.1 Å². The van der Waals surface area contributed by atoms with Crippen molar-refractivity contribution in [2.24, 2.45) is 0 Å². The molecule has 0 unspecified atom stereocenters. The summed E-state index contributed by atoms with van der Waals surface area (Å²) in [5.41, 5.74) is 0. The first-order valence-electron chi connectivity index (χ1n) is 6.30. The average Bonchev–Trinajstić information content (AvgIpc) is 3.18. The fourth-order valence-corrected chi connectivity index (χ4v) is 1.68. The van der Waals surface area contributed by atoms with Crippen LogP contribution in [0.1, 0.15) is 25.7 Å². The number of amides is 1. The van der Waals surface area contributed by atoms with Crippen LogP contribution in [-0.2, 0) is 4.79 Å². The third kappa shape index (κ3) is 4.86. The number of rotatable bonds is 7. The van der Waals surface area contributed by atoms with Crippen molar-refractivity contribution in [1.82, 2.24) is 20.3 Å². The number of hydrogen-bond acceptors (Lipinski definition) is 6. The minimum absolute atomic E-state index is 0.105. The molecule has 3 N–H and O–H groups in total. The van der Waals surface area contributed by atoms with Crippen molar-refractivity contribution in [3.8, 4) is 0 Å². The Morgan fingerprint density at radius 1 is 1.32 bits per heavy atom. The third-order valence-electron chi connectivity index (χ3n) is 2.64. The molecule has 0 spiro atoms. The van der Waals surface area contributed by atoms with E-state index in [4.69, 9.17) is 11.6 Å². The van der Waals surface area contributed by atoms with E-state index in [1.807, 2.05) is 0 Å². The van der Waals surface area contributed by atoms with E-state index in [1.54, 1.807) is 7.05 Å². The number of carbonyl (C=O) groups is 1. The largest absolute Gasteiger partial charge is 0.357 e. The maximum atomic E-state index is 11.4. The van der Waals surface area contributed by atoms with Gasteiger partial charge in [0.05, 0.1) is 0 Å². The van der Waals surface area contributed by atoms with Crippen LogP contribution < -0.4 is 16.0 Å². The Kier molecular flexibility index (Phi) is 4.73. The van der Waals surface area contributed by atoms with Gasteiger partial charge in [-0.3, -0.25) is 4.79 Å². The molecule has 0 aliphatic heterocycles. The second-order valence-corrected chi connectivity index (χ2v) is 4.71. The molecule has 1 aromatic heterocycles. The molecule has 1 fully saturated rings. The van der Waals surface area contributed by atoms with Gasteiger partial charge in [-0.1, -0.05) is 0 Å². The maximum Gasteiger partial charge on any atom is 0.228 e. The second-order valence-electron chi connectivity index (χ2n) is 4.37. The van der Waals surface area contributed by atoms with Crippen molar-refractivity contribution in [1.29, 1.82) is 0 Å². The first-order chi connectivity index (χ1) is 9.17. The van der Waals surface area contributed by atoms with Crippen LogP contribution in [0.5, 0.6) is 0 Å². The summed E-state index contributed by atoms with van der Waals surface area (Å²) in [6.45, 7) is 0.613. The average molecular weight is 285 g/mol. The van der Waals surface area contributed by atoms with Gasteiger partial charge < -0.3 is 16.0 Å². The van der Waals surface area contributed by atoms with E-state index < -0.39 is 0 Å². The molecule has 104 valence electrons. The number of carbonyl (C=O) groups excluding carboxylic acids is 1. The van der Waals surface area contributed by atoms with Crippen molar-refractivity contribution >= 4 is 29.4 Å². The minimum Gasteiger partial charge on any atom is -0.357 e. The van der Waals surface area contributed by atoms with Gasteiger partial charge in [-0.05, 0) is 30.9 Å². The highest BCUT2D eigenvalue weighted by Gasteiger charge is 2.22. The van der Waals surface area contributed by atoms with Crippen LogP contribution in [0.25, 0.3) is 0 Å². The molecule has 1 saturated carbocycles. The van der Waals surface area contributed by atoms with Crippen LogP contribution in [0, 0.1) is 0 Å². The molecule has 8 heteroatoms. The predicted molar refractivity (Wildman–Crippen MR) is 73.3 cm³/mol.